The van der Waals surface area contributed by atoms with Gasteiger partial charge in [0.2, 0.25) is 12.7 Å². The summed E-state index contributed by atoms with van der Waals surface area (Å²) in [7, 11) is 0. The first-order valence-corrected chi connectivity index (χ1v) is 11.2. The Morgan fingerprint density at radius 1 is 1.28 bits per heavy atom. The molecule has 3 aromatic rings. The predicted molar refractivity (Wildman–Crippen MR) is 113 cm³/mol. The number of hydrogen-bond donors (Lipinski definition) is 1. The lowest BCUT2D eigenvalue weighted by Crippen LogP contribution is -2.43. The lowest BCUT2D eigenvalue weighted by atomic mass is 9.97. The Bertz CT molecular complexity index is 1130. The van der Waals surface area contributed by atoms with Crippen molar-refractivity contribution in [3.8, 4) is 11.5 Å². The first-order valence-electron chi connectivity index (χ1n) is 9.47. The smallest absolute Gasteiger partial charge is 0.255 e. The molecule has 2 aromatic heterocycles. The van der Waals surface area contributed by atoms with E-state index in [1.165, 1.54) is 22.7 Å². The first-order chi connectivity index (χ1) is 14.2. The van der Waals surface area contributed by atoms with Crippen LogP contribution >= 0.6 is 22.7 Å². The van der Waals surface area contributed by atoms with Crippen molar-refractivity contribution in [1.82, 2.24) is 10.3 Å². The Balaban J connectivity index is 1.25. The predicted octanol–water partition coefficient (Wildman–Crippen LogP) is 2.98. The third-order valence-electron chi connectivity index (χ3n) is 5.20. The number of anilines is 1. The summed E-state index contributed by atoms with van der Waals surface area (Å²) in [6.07, 6.45) is 1.73. The second-order valence-corrected chi connectivity index (χ2v) is 8.97. The van der Waals surface area contributed by atoms with Crippen LogP contribution in [0.15, 0.2) is 34.4 Å². The molecule has 1 saturated heterocycles. The Morgan fingerprint density at radius 2 is 2.17 bits per heavy atom. The zero-order chi connectivity index (χ0) is 19.8. The topological polar surface area (TPSA) is 80.8 Å². The van der Waals surface area contributed by atoms with Crippen molar-refractivity contribution >= 4 is 43.9 Å². The van der Waals surface area contributed by atoms with Gasteiger partial charge in [-0.15, -0.1) is 11.3 Å². The van der Waals surface area contributed by atoms with Crippen LogP contribution in [0.25, 0.3) is 10.2 Å². The molecule has 1 N–H and O–H groups in total. The second-order valence-electron chi connectivity index (χ2n) is 7.11. The van der Waals surface area contributed by atoms with Crippen LogP contribution in [-0.2, 0) is 11.3 Å². The number of carbonyl (C=O) groups is 1. The van der Waals surface area contributed by atoms with E-state index in [1.807, 2.05) is 29.6 Å². The quantitative estimate of drug-likeness (QED) is 0.687. The largest absolute Gasteiger partial charge is 0.454 e. The molecule has 0 radical (unpaired) electrons. The summed E-state index contributed by atoms with van der Waals surface area (Å²) in [5.74, 6) is 1.35. The number of hydrogen-bond acceptors (Lipinski definition) is 8. The number of ether oxygens (including phenoxy) is 2. The Hall–Kier alpha value is -2.65. The molecule has 9 heteroatoms. The van der Waals surface area contributed by atoms with Crippen LogP contribution in [0.4, 0.5) is 5.13 Å². The molecule has 150 valence electrons. The maximum Gasteiger partial charge on any atom is 0.255 e. The van der Waals surface area contributed by atoms with Crippen molar-refractivity contribution in [3.05, 3.63) is 44.7 Å². The molecule has 29 heavy (non-hydrogen) atoms. The highest BCUT2D eigenvalue weighted by molar-refractivity contribution is 7.21. The molecule has 7 nitrogen and oxygen atoms in total. The monoisotopic (exact) mass is 429 g/mol. The van der Waals surface area contributed by atoms with E-state index >= 15 is 0 Å². The fourth-order valence-electron chi connectivity index (χ4n) is 3.68. The summed E-state index contributed by atoms with van der Waals surface area (Å²) < 4.78 is 11.4. The Labute approximate surface area is 174 Å². The number of amides is 1. The van der Waals surface area contributed by atoms with Gasteiger partial charge in [-0.25, -0.2) is 4.98 Å². The van der Waals surface area contributed by atoms with Gasteiger partial charge in [0.15, 0.2) is 16.6 Å². The number of benzene rings is 1. The minimum absolute atomic E-state index is 0.0244. The van der Waals surface area contributed by atoms with Gasteiger partial charge in [-0.05, 0) is 42.0 Å². The molecule has 1 amide bonds. The maximum atomic E-state index is 12.7. The summed E-state index contributed by atoms with van der Waals surface area (Å²) in [5, 5.41) is 5.62. The first kappa shape index (κ1) is 18.4. The number of carbonyl (C=O) groups excluding carboxylic acids is 1. The number of piperidine rings is 1. The van der Waals surface area contributed by atoms with Gasteiger partial charge in [-0.3, -0.25) is 9.59 Å². The molecule has 5 rings (SSSR count). The van der Waals surface area contributed by atoms with Crippen LogP contribution in [-0.4, -0.2) is 30.8 Å². The third kappa shape index (κ3) is 3.67. The van der Waals surface area contributed by atoms with E-state index < -0.39 is 0 Å². The van der Waals surface area contributed by atoms with Crippen molar-refractivity contribution in [1.29, 1.82) is 0 Å². The van der Waals surface area contributed by atoms with Crippen molar-refractivity contribution in [3.63, 3.8) is 0 Å². The fraction of sp³-hybridized carbons (Fsp3) is 0.350. The van der Waals surface area contributed by atoms with Gasteiger partial charge in [0.05, 0.1) is 11.4 Å². The lowest BCUT2D eigenvalue weighted by Gasteiger charge is -2.32. The molecule has 0 spiro atoms. The minimum Gasteiger partial charge on any atom is -0.454 e. The number of nitrogens with one attached hydrogen (secondary N) is 1. The molecular weight excluding hydrogens is 410 g/mol. The van der Waals surface area contributed by atoms with Gasteiger partial charge in [0.1, 0.15) is 4.70 Å². The maximum absolute atomic E-state index is 12.7. The van der Waals surface area contributed by atoms with E-state index in [1.54, 1.807) is 0 Å². The SMILES string of the molecule is O=C(NCc1ccc2c(c1)OCO2)C1CCCN(c2nc3ccsc3c(=O)s2)C1. The van der Waals surface area contributed by atoms with Gasteiger partial charge < -0.3 is 19.7 Å². The third-order valence-corrected chi connectivity index (χ3v) is 7.15. The summed E-state index contributed by atoms with van der Waals surface area (Å²) in [5.41, 5.74) is 1.71. The van der Waals surface area contributed by atoms with Crippen LogP contribution in [0.3, 0.4) is 0 Å². The summed E-state index contributed by atoms with van der Waals surface area (Å²) >= 11 is 2.59. The lowest BCUT2D eigenvalue weighted by molar-refractivity contribution is -0.125. The zero-order valence-electron chi connectivity index (χ0n) is 15.6. The van der Waals surface area contributed by atoms with Gasteiger partial charge in [-0.1, -0.05) is 17.4 Å². The van der Waals surface area contributed by atoms with Gasteiger partial charge >= 0.3 is 0 Å². The van der Waals surface area contributed by atoms with E-state index in [-0.39, 0.29) is 23.4 Å². The number of fused-ring (bicyclic) bond motifs is 2. The highest BCUT2D eigenvalue weighted by atomic mass is 32.1. The molecule has 1 fully saturated rings. The molecule has 0 bridgehead atoms. The zero-order valence-corrected chi connectivity index (χ0v) is 17.2. The number of nitrogens with zero attached hydrogens (tertiary/aromatic N) is 2. The molecule has 1 unspecified atom stereocenters. The Kier molecular flexibility index (Phi) is 4.84. The van der Waals surface area contributed by atoms with Crippen LogP contribution < -0.4 is 24.4 Å². The molecule has 2 aliphatic heterocycles. The van der Waals surface area contributed by atoms with Gasteiger partial charge in [-0.2, -0.15) is 0 Å². The molecule has 0 saturated carbocycles. The van der Waals surface area contributed by atoms with E-state index in [9.17, 15) is 9.59 Å². The van der Waals surface area contributed by atoms with Crippen LogP contribution in [0.1, 0.15) is 18.4 Å². The van der Waals surface area contributed by atoms with Crippen molar-refractivity contribution in [2.24, 2.45) is 5.92 Å². The van der Waals surface area contributed by atoms with E-state index in [2.05, 4.69) is 15.2 Å². The summed E-state index contributed by atoms with van der Waals surface area (Å²) in [6.45, 7) is 2.06. The molecule has 2 aliphatic rings. The van der Waals surface area contributed by atoms with Crippen LogP contribution in [0, 0.1) is 5.92 Å². The van der Waals surface area contributed by atoms with Crippen LogP contribution in [0.2, 0.25) is 0 Å². The van der Waals surface area contributed by atoms with Crippen molar-refractivity contribution in [2.45, 2.75) is 19.4 Å². The normalized spacial score (nSPS) is 18.2. The highest BCUT2D eigenvalue weighted by Crippen LogP contribution is 2.32. The number of aromatic nitrogens is 1. The Morgan fingerprint density at radius 3 is 3.10 bits per heavy atom. The minimum atomic E-state index is -0.125. The molecule has 4 heterocycles. The molecule has 0 aliphatic carbocycles. The van der Waals surface area contributed by atoms with Gasteiger partial charge in [0.25, 0.3) is 4.74 Å². The van der Waals surface area contributed by atoms with E-state index in [4.69, 9.17) is 9.47 Å². The van der Waals surface area contributed by atoms with E-state index in [0.717, 1.165) is 36.2 Å². The highest BCUT2D eigenvalue weighted by Gasteiger charge is 2.27. The summed E-state index contributed by atoms with van der Waals surface area (Å²) in [4.78, 5) is 31.8. The number of rotatable bonds is 4. The van der Waals surface area contributed by atoms with Crippen molar-refractivity contribution < 1.29 is 14.3 Å². The molecular formula is C20H19N3O4S2. The fourth-order valence-corrected chi connectivity index (χ4v) is 5.42. The average molecular weight is 430 g/mol. The van der Waals surface area contributed by atoms with Gasteiger partial charge in [0, 0.05) is 19.6 Å². The average Bonchev–Trinajstić information content (AvgIpc) is 3.41. The van der Waals surface area contributed by atoms with E-state index in [0.29, 0.717) is 28.7 Å². The number of thiophene rings is 1. The van der Waals surface area contributed by atoms with Crippen LogP contribution in [0.5, 0.6) is 11.5 Å². The second kappa shape index (κ2) is 7.64. The standard InChI is InChI=1S/C20H19N3O4S2/c24-18(21-9-12-3-4-15-16(8-12)27-11-26-15)13-2-1-6-23(10-13)20-22-14-5-7-28-17(14)19(25)29-20/h3-5,7-8,13H,1-2,6,9-11H2,(H,21,24). The molecule has 1 aromatic carbocycles. The van der Waals surface area contributed by atoms with Crippen molar-refractivity contribution in [2.75, 3.05) is 24.8 Å². The molecule has 1 atom stereocenters. The summed E-state index contributed by atoms with van der Waals surface area (Å²) in [6, 6.07) is 7.56.